The molecule has 0 aliphatic carbocycles. The van der Waals surface area contributed by atoms with Crippen LogP contribution in [0.4, 0.5) is 0 Å². The smallest absolute Gasteiger partial charge is 0.180 e. The second-order valence-corrected chi connectivity index (χ2v) is 12.3. The van der Waals surface area contributed by atoms with E-state index in [9.17, 15) is 14.6 Å². The summed E-state index contributed by atoms with van der Waals surface area (Å²) in [6.07, 6.45) is 3.65. The van der Waals surface area contributed by atoms with Crippen LogP contribution in [0.5, 0.6) is 0 Å². The average molecular weight is 563 g/mol. The van der Waals surface area contributed by atoms with E-state index in [-0.39, 0.29) is 6.61 Å². The van der Waals surface area contributed by atoms with E-state index in [4.69, 9.17) is 34.8 Å². The SMILES string of the molecule is CCCCS(=O)CSc1nc(-c2nccs2)cc(-c2ccc(CO)cc2)c1C#N.ClC(Cl)Cl. The Kier molecular flexibility index (Phi) is 12.7. The van der Waals surface area contributed by atoms with Gasteiger partial charge in [-0.3, -0.25) is 4.21 Å². The lowest BCUT2D eigenvalue weighted by atomic mass is 10.00. The van der Waals surface area contributed by atoms with Crippen LogP contribution >= 0.6 is 57.9 Å². The Hall–Kier alpha value is -1.18. The van der Waals surface area contributed by atoms with E-state index in [2.05, 4.69) is 23.0 Å². The Morgan fingerprint density at radius 3 is 2.52 bits per heavy atom. The molecule has 5 nitrogen and oxygen atoms in total. The van der Waals surface area contributed by atoms with Crippen molar-refractivity contribution in [3.05, 3.63) is 53.0 Å². The molecule has 3 aromatic rings. The number of nitrogens with zero attached hydrogens (tertiary/aromatic N) is 3. The number of aromatic nitrogens is 2. The third kappa shape index (κ3) is 9.18. The molecule has 0 saturated carbocycles. The van der Waals surface area contributed by atoms with Gasteiger partial charge in [-0.25, -0.2) is 9.97 Å². The van der Waals surface area contributed by atoms with Crippen LogP contribution in [0.1, 0.15) is 30.9 Å². The number of rotatable bonds is 9. The maximum absolute atomic E-state index is 12.3. The van der Waals surface area contributed by atoms with Gasteiger partial charge in [0.2, 0.25) is 0 Å². The van der Waals surface area contributed by atoms with Crippen molar-refractivity contribution in [3.8, 4) is 27.9 Å². The number of aliphatic hydroxyl groups excluding tert-OH is 1. The number of hydrogen-bond donors (Lipinski definition) is 1. The first-order valence-corrected chi connectivity index (χ1v) is 14.5. The van der Waals surface area contributed by atoms with Crippen LogP contribution in [0.25, 0.3) is 21.8 Å². The molecule has 2 aromatic heterocycles. The highest BCUT2D eigenvalue weighted by molar-refractivity contribution is 8.10. The quantitative estimate of drug-likeness (QED) is 0.227. The number of halogens is 3. The summed E-state index contributed by atoms with van der Waals surface area (Å²) < 4.78 is 11.5. The van der Waals surface area contributed by atoms with Crippen molar-refractivity contribution in [2.45, 2.75) is 35.7 Å². The highest BCUT2D eigenvalue weighted by Gasteiger charge is 2.17. The van der Waals surface area contributed by atoms with Crippen LogP contribution in [-0.4, -0.2) is 34.4 Å². The Morgan fingerprint density at radius 1 is 1.27 bits per heavy atom. The van der Waals surface area contributed by atoms with Gasteiger partial charge in [0.1, 0.15) is 21.8 Å². The Balaban J connectivity index is 0.000000890. The van der Waals surface area contributed by atoms with Crippen molar-refractivity contribution >= 4 is 68.7 Å². The monoisotopic (exact) mass is 561 g/mol. The van der Waals surface area contributed by atoms with Crippen LogP contribution in [0.15, 0.2) is 46.9 Å². The molecule has 0 radical (unpaired) electrons. The minimum atomic E-state index is -0.957. The van der Waals surface area contributed by atoms with Gasteiger partial charge in [0.15, 0.2) is 4.30 Å². The lowest BCUT2D eigenvalue weighted by molar-refractivity contribution is 0.282. The van der Waals surface area contributed by atoms with E-state index in [1.165, 1.54) is 23.1 Å². The number of nitriles is 1. The van der Waals surface area contributed by atoms with Gasteiger partial charge in [-0.05, 0) is 23.6 Å². The Labute approximate surface area is 219 Å². The fraction of sp³-hybridized carbons (Fsp3) is 0.318. The van der Waals surface area contributed by atoms with E-state index in [1.54, 1.807) is 6.20 Å². The number of thiazole rings is 1. The van der Waals surface area contributed by atoms with Gasteiger partial charge in [0.05, 0.1) is 17.3 Å². The minimum Gasteiger partial charge on any atom is -0.392 e. The molecule has 0 amide bonds. The lowest BCUT2D eigenvalue weighted by Crippen LogP contribution is -2.02. The second-order valence-electron chi connectivity index (χ2n) is 6.55. The van der Waals surface area contributed by atoms with Crippen LogP contribution in [-0.2, 0) is 17.4 Å². The summed E-state index contributed by atoms with van der Waals surface area (Å²) in [6, 6.07) is 11.6. The number of alkyl halides is 3. The number of aliphatic hydroxyl groups is 1. The van der Waals surface area contributed by atoms with E-state index in [0.717, 1.165) is 34.5 Å². The van der Waals surface area contributed by atoms with Gasteiger partial charge in [-0.15, -0.1) is 11.3 Å². The molecule has 0 aliphatic rings. The summed E-state index contributed by atoms with van der Waals surface area (Å²) >= 11 is 17.3. The van der Waals surface area contributed by atoms with Gasteiger partial charge in [-0.2, -0.15) is 5.26 Å². The van der Waals surface area contributed by atoms with Gasteiger partial charge in [0.25, 0.3) is 0 Å². The molecular formula is C22H22Cl3N3O2S3. The Morgan fingerprint density at radius 2 is 1.97 bits per heavy atom. The van der Waals surface area contributed by atoms with Crippen LogP contribution in [0.3, 0.4) is 0 Å². The number of thioether (sulfide) groups is 1. The maximum Gasteiger partial charge on any atom is 0.180 e. The van der Waals surface area contributed by atoms with Gasteiger partial charge in [-0.1, -0.05) is 84.2 Å². The van der Waals surface area contributed by atoms with Crippen molar-refractivity contribution in [1.29, 1.82) is 5.26 Å². The van der Waals surface area contributed by atoms with Crippen LogP contribution < -0.4 is 0 Å². The van der Waals surface area contributed by atoms with E-state index < -0.39 is 15.1 Å². The first-order chi connectivity index (χ1) is 15.9. The molecule has 0 fully saturated rings. The predicted molar refractivity (Wildman–Crippen MR) is 141 cm³/mol. The molecular weight excluding hydrogens is 541 g/mol. The molecule has 176 valence electrons. The highest BCUT2D eigenvalue weighted by atomic mass is 35.6. The highest BCUT2D eigenvalue weighted by Crippen LogP contribution is 2.35. The van der Waals surface area contributed by atoms with Gasteiger partial charge in [0, 0.05) is 33.7 Å². The lowest BCUT2D eigenvalue weighted by Gasteiger charge is -2.12. The summed E-state index contributed by atoms with van der Waals surface area (Å²) in [5.41, 5.74) is 3.61. The molecule has 0 aliphatic heterocycles. The molecule has 11 heteroatoms. The zero-order valence-corrected chi connectivity index (χ0v) is 22.4. The number of benzene rings is 1. The molecule has 1 aromatic carbocycles. The molecule has 1 N–H and O–H groups in total. The molecule has 0 spiro atoms. The van der Waals surface area contributed by atoms with E-state index in [0.29, 0.717) is 27.1 Å². The maximum atomic E-state index is 12.3. The van der Waals surface area contributed by atoms with Crippen molar-refractivity contribution in [2.24, 2.45) is 0 Å². The van der Waals surface area contributed by atoms with E-state index in [1.807, 2.05) is 35.7 Å². The fourth-order valence-electron chi connectivity index (χ4n) is 2.70. The van der Waals surface area contributed by atoms with Crippen molar-refractivity contribution in [2.75, 3.05) is 10.8 Å². The molecule has 3 rings (SSSR count). The van der Waals surface area contributed by atoms with Crippen LogP contribution in [0, 0.1) is 11.3 Å². The first-order valence-electron chi connectivity index (χ1n) is 9.84. The van der Waals surface area contributed by atoms with Crippen molar-refractivity contribution < 1.29 is 9.32 Å². The summed E-state index contributed by atoms with van der Waals surface area (Å²) in [6.45, 7) is 2.04. The van der Waals surface area contributed by atoms with Crippen molar-refractivity contribution in [3.63, 3.8) is 0 Å². The number of unbranched alkanes of at least 4 members (excludes halogenated alkanes) is 1. The fourth-order valence-corrected chi connectivity index (χ4v) is 5.81. The van der Waals surface area contributed by atoms with Gasteiger partial charge >= 0.3 is 0 Å². The summed E-state index contributed by atoms with van der Waals surface area (Å²) in [5, 5.41) is 22.8. The molecule has 0 saturated heterocycles. The molecule has 33 heavy (non-hydrogen) atoms. The predicted octanol–water partition coefficient (Wildman–Crippen LogP) is 6.82. The largest absolute Gasteiger partial charge is 0.392 e. The topological polar surface area (TPSA) is 86.9 Å². The number of pyridine rings is 1. The zero-order chi connectivity index (χ0) is 24.2. The molecule has 2 heterocycles. The first kappa shape index (κ1) is 28.1. The zero-order valence-electron chi connectivity index (χ0n) is 17.7. The normalized spacial score (nSPS) is 11.5. The van der Waals surface area contributed by atoms with E-state index >= 15 is 0 Å². The Bertz CT molecular complexity index is 1070. The summed E-state index contributed by atoms with van der Waals surface area (Å²) in [4.78, 5) is 9.02. The summed E-state index contributed by atoms with van der Waals surface area (Å²) in [7, 11) is -0.957. The second kappa shape index (κ2) is 14.9. The molecule has 1 atom stereocenters. The number of hydrogen-bond acceptors (Lipinski definition) is 7. The van der Waals surface area contributed by atoms with Gasteiger partial charge < -0.3 is 5.11 Å². The third-order valence-corrected chi connectivity index (χ3v) is 7.88. The molecule has 0 bridgehead atoms. The molecule has 1 unspecified atom stereocenters. The average Bonchev–Trinajstić information content (AvgIpc) is 3.35. The van der Waals surface area contributed by atoms with Crippen molar-refractivity contribution in [1.82, 2.24) is 9.97 Å². The minimum absolute atomic E-state index is 0.0310. The standard InChI is InChI=1S/C21H21N3O2S3.CHCl3/c1-2-3-10-29(26)14-28-20-18(12-22)17(16-6-4-15(13-25)5-7-16)11-19(24-20)21-23-8-9-27-21;2-1(3)4/h4-9,11,25H,2-3,10,13-14H2,1H3;1H. The van der Waals surface area contributed by atoms with Crippen LogP contribution in [0.2, 0.25) is 0 Å². The summed E-state index contributed by atoms with van der Waals surface area (Å²) in [5.74, 6) is 0.660. The third-order valence-electron chi connectivity index (χ3n) is 4.25.